The standard InChI is InChI=1S/C22H30N2O3/c1-16-6-4-9-18(20(16)26)21(27)23-13-5-11-22(14-23)12-10-19(25)24(15-22)17-7-2-3-8-17/h4,6,9,17,26H,2-3,5,7-8,10-15H2,1H3/t22-/m1/s1. The summed E-state index contributed by atoms with van der Waals surface area (Å²) in [6.07, 6.45) is 8.21. The Hall–Kier alpha value is -2.04. The Labute approximate surface area is 161 Å². The van der Waals surface area contributed by atoms with E-state index in [0.29, 0.717) is 30.5 Å². The second kappa shape index (κ2) is 7.17. The molecule has 1 saturated carbocycles. The van der Waals surface area contributed by atoms with Gasteiger partial charge in [-0.05, 0) is 50.7 Å². The van der Waals surface area contributed by atoms with Gasteiger partial charge in [0.05, 0.1) is 5.56 Å². The molecule has 1 spiro atoms. The van der Waals surface area contributed by atoms with Crippen molar-refractivity contribution in [3.05, 3.63) is 29.3 Å². The second-order valence-corrected chi connectivity index (χ2v) is 8.76. The monoisotopic (exact) mass is 370 g/mol. The molecule has 4 rings (SSSR count). The van der Waals surface area contributed by atoms with Gasteiger partial charge in [0.2, 0.25) is 5.91 Å². The number of carbonyl (C=O) groups is 2. The van der Waals surface area contributed by atoms with E-state index < -0.39 is 0 Å². The first-order valence-corrected chi connectivity index (χ1v) is 10.4. The maximum absolute atomic E-state index is 13.1. The Morgan fingerprint density at radius 3 is 2.70 bits per heavy atom. The normalized spacial score (nSPS) is 26.8. The van der Waals surface area contributed by atoms with E-state index in [1.54, 1.807) is 6.07 Å². The molecular formula is C22H30N2O3. The minimum Gasteiger partial charge on any atom is -0.507 e. The van der Waals surface area contributed by atoms with Crippen molar-refractivity contribution >= 4 is 11.8 Å². The van der Waals surface area contributed by atoms with Crippen molar-refractivity contribution in [2.24, 2.45) is 5.41 Å². The lowest BCUT2D eigenvalue weighted by Gasteiger charge is -2.49. The summed E-state index contributed by atoms with van der Waals surface area (Å²) in [5, 5.41) is 10.3. The van der Waals surface area contributed by atoms with Gasteiger partial charge < -0.3 is 14.9 Å². The summed E-state index contributed by atoms with van der Waals surface area (Å²) in [5.74, 6) is 0.306. The van der Waals surface area contributed by atoms with Crippen molar-refractivity contribution in [1.29, 1.82) is 0 Å². The maximum atomic E-state index is 13.1. The molecule has 0 aromatic heterocycles. The molecule has 5 heteroatoms. The van der Waals surface area contributed by atoms with Crippen molar-refractivity contribution in [2.45, 2.75) is 64.3 Å². The highest BCUT2D eigenvalue weighted by atomic mass is 16.3. The van der Waals surface area contributed by atoms with Crippen LogP contribution >= 0.6 is 0 Å². The van der Waals surface area contributed by atoms with Gasteiger partial charge in [-0.25, -0.2) is 0 Å². The minimum atomic E-state index is -0.0837. The minimum absolute atomic E-state index is 0.0177. The van der Waals surface area contributed by atoms with Crippen LogP contribution in [0.25, 0.3) is 0 Å². The van der Waals surface area contributed by atoms with Gasteiger partial charge in [-0.2, -0.15) is 0 Å². The highest BCUT2D eigenvalue weighted by Crippen LogP contribution is 2.41. The lowest BCUT2D eigenvalue weighted by Crippen LogP contribution is -2.56. The number of phenols is 1. The van der Waals surface area contributed by atoms with Gasteiger partial charge in [-0.15, -0.1) is 0 Å². The van der Waals surface area contributed by atoms with E-state index in [2.05, 4.69) is 4.90 Å². The number of likely N-dealkylation sites (tertiary alicyclic amines) is 2. The molecule has 0 radical (unpaired) electrons. The van der Waals surface area contributed by atoms with Crippen molar-refractivity contribution in [3.8, 4) is 5.75 Å². The fourth-order valence-corrected chi connectivity index (χ4v) is 5.31. The molecule has 2 aliphatic heterocycles. The lowest BCUT2D eigenvalue weighted by molar-refractivity contribution is -0.142. The predicted octanol–water partition coefficient (Wildman–Crippen LogP) is 3.49. The number of para-hydroxylation sites is 1. The van der Waals surface area contributed by atoms with Gasteiger partial charge in [0.25, 0.3) is 5.91 Å². The highest BCUT2D eigenvalue weighted by molar-refractivity contribution is 5.97. The van der Waals surface area contributed by atoms with E-state index >= 15 is 0 Å². The number of benzene rings is 1. The Kier molecular flexibility index (Phi) is 4.87. The molecule has 1 aromatic rings. The number of piperidine rings is 2. The van der Waals surface area contributed by atoms with E-state index in [1.165, 1.54) is 12.8 Å². The summed E-state index contributed by atoms with van der Waals surface area (Å²) < 4.78 is 0. The Bertz CT molecular complexity index is 741. The number of phenolic OH excluding ortho intramolecular Hbond substituents is 1. The van der Waals surface area contributed by atoms with Crippen LogP contribution in [0.15, 0.2) is 18.2 Å². The molecular weight excluding hydrogens is 340 g/mol. The Morgan fingerprint density at radius 1 is 1.15 bits per heavy atom. The quantitative estimate of drug-likeness (QED) is 0.867. The number of aryl methyl sites for hydroxylation is 1. The molecule has 3 aliphatic rings. The van der Waals surface area contributed by atoms with Crippen molar-refractivity contribution in [2.75, 3.05) is 19.6 Å². The molecule has 2 amide bonds. The summed E-state index contributed by atoms with van der Waals surface area (Å²) in [4.78, 5) is 29.7. The zero-order valence-corrected chi connectivity index (χ0v) is 16.2. The predicted molar refractivity (Wildman–Crippen MR) is 104 cm³/mol. The summed E-state index contributed by atoms with van der Waals surface area (Å²) in [5.41, 5.74) is 1.14. The van der Waals surface area contributed by atoms with Crippen molar-refractivity contribution in [1.82, 2.24) is 9.80 Å². The summed E-state index contributed by atoms with van der Waals surface area (Å²) >= 11 is 0. The van der Waals surface area contributed by atoms with Crippen LogP contribution in [0.1, 0.15) is 67.3 Å². The van der Waals surface area contributed by atoms with Gasteiger partial charge in [0.1, 0.15) is 5.75 Å². The van der Waals surface area contributed by atoms with E-state index in [-0.39, 0.29) is 17.1 Å². The van der Waals surface area contributed by atoms with Crippen LogP contribution in [-0.2, 0) is 4.79 Å². The fourth-order valence-electron chi connectivity index (χ4n) is 5.31. The van der Waals surface area contributed by atoms with Crippen LogP contribution in [0, 0.1) is 12.3 Å². The number of hydrogen-bond acceptors (Lipinski definition) is 3. The molecule has 1 aliphatic carbocycles. The number of carbonyl (C=O) groups excluding carboxylic acids is 2. The zero-order chi connectivity index (χ0) is 19.0. The van der Waals surface area contributed by atoms with E-state index in [4.69, 9.17) is 0 Å². The third-order valence-electron chi connectivity index (χ3n) is 6.88. The number of hydrogen-bond donors (Lipinski definition) is 1. The van der Waals surface area contributed by atoms with E-state index in [9.17, 15) is 14.7 Å². The van der Waals surface area contributed by atoms with Crippen molar-refractivity contribution in [3.63, 3.8) is 0 Å². The van der Waals surface area contributed by atoms with Crippen molar-refractivity contribution < 1.29 is 14.7 Å². The molecule has 1 atom stereocenters. The first kappa shape index (κ1) is 18.3. The van der Waals surface area contributed by atoms with Crippen LogP contribution in [0.5, 0.6) is 5.75 Å². The number of rotatable bonds is 2. The van der Waals surface area contributed by atoms with E-state index in [0.717, 1.165) is 50.8 Å². The zero-order valence-electron chi connectivity index (χ0n) is 16.2. The molecule has 2 heterocycles. The second-order valence-electron chi connectivity index (χ2n) is 8.76. The average Bonchev–Trinajstić information content (AvgIpc) is 3.20. The third kappa shape index (κ3) is 3.44. The van der Waals surface area contributed by atoms with Gasteiger partial charge in [-0.1, -0.05) is 25.0 Å². The number of nitrogens with zero attached hydrogens (tertiary/aromatic N) is 2. The van der Waals surface area contributed by atoms with Gasteiger partial charge in [0.15, 0.2) is 0 Å². The lowest BCUT2D eigenvalue weighted by atomic mass is 9.73. The van der Waals surface area contributed by atoms with Crippen LogP contribution in [0.3, 0.4) is 0 Å². The molecule has 0 bridgehead atoms. The van der Waals surface area contributed by atoms with Gasteiger partial charge in [-0.3, -0.25) is 9.59 Å². The molecule has 5 nitrogen and oxygen atoms in total. The highest BCUT2D eigenvalue weighted by Gasteiger charge is 2.44. The topological polar surface area (TPSA) is 60.9 Å². The first-order valence-electron chi connectivity index (χ1n) is 10.4. The summed E-state index contributed by atoms with van der Waals surface area (Å²) in [6, 6.07) is 5.75. The summed E-state index contributed by atoms with van der Waals surface area (Å²) in [7, 11) is 0. The largest absolute Gasteiger partial charge is 0.507 e. The first-order chi connectivity index (χ1) is 13.0. The Morgan fingerprint density at radius 2 is 1.93 bits per heavy atom. The third-order valence-corrected chi connectivity index (χ3v) is 6.88. The molecule has 0 unspecified atom stereocenters. The number of amides is 2. The van der Waals surface area contributed by atoms with Crippen LogP contribution in [0.4, 0.5) is 0 Å². The van der Waals surface area contributed by atoms with E-state index in [1.807, 2.05) is 24.0 Å². The van der Waals surface area contributed by atoms with Crippen LogP contribution < -0.4 is 0 Å². The molecule has 2 saturated heterocycles. The molecule has 1 aromatic carbocycles. The van der Waals surface area contributed by atoms with Gasteiger partial charge in [0, 0.05) is 37.5 Å². The average molecular weight is 370 g/mol. The smallest absolute Gasteiger partial charge is 0.257 e. The van der Waals surface area contributed by atoms with Gasteiger partial charge >= 0.3 is 0 Å². The van der Waals surface area contributed by atoms with Crippen LogP contribution in [0.2, 0.25) is 0 Å². The molecule has 1 N–H and O–H groups in total. The fraction of sp³-hybridized carbons (Fsp3) is 0.636. The number of aromatic hydroxyl groups is 1. The molecule has 146 valence electrons. The van der Waals surface area contributed by atoms with Crippen LogP contribution in [-0.4, -0.2) is 52.4 Å². The maximum Gasteiger partial charge on any atom is 0.257 e. The molecule has 3 fully saturated rings. The Balaban J connectivity index is 1.52. The summed E-state index contributed by atoms with van der Waals surface area (Å²) in [6.45, 7) is 4.02. The molecule has 27 heavy (non-hydrogen) atoms. The SMILES string of the molecule is Cc1cccc(C(=O)N2CCC[C@@]3(CCC(=O)N(C4CCCC4)C3)C2)c1O.